The summed E-state index contributed by atoms with van der Waals surface area (Å²) >= 11 is 4.11. The van der Waals surface area contributed by atoms with E-state index < -0.39 is 0 Å². The standard InChI is InChI=1S/C12H16N2OS/c1-13-7-8-14(12(15)6-9-16)11-5-3-2-4-10(11)13/h2-5,16H,6-9H2,1H3. The number of hydrogen-bond acceptors (Lipinski definition) is 3. The lowest BCUT2D eigenvalue weighted by molar-refractivity contribution is -0.118. The summed E-state index contributed by atoms with van der Waals surface area (Å²) in [7, 11) is 2.05. The molecule has 1 heterocycles. The molecule has 0 N–H and O–H groups in total. The highest BCUT2D eigenvalue weighted by molar-refractivity contribution is 7.80. The molecular weight excluding hydrogens is 220 g/mol. The number of rotatable bonds is 2. The second-order valence-electron chi connectivity index (χ2n) is 3.93. The largest absolute Gasteiger partial charge is 0.371 e. The number of amides is 1. The second kappa shape index (κ2) is 4.78. The van der Waals surface area contributed by atoms with E-state index in [9.17, 15) is 4.79 Å². The molecule has 1 aliphatic heterocycles. The Kier molecular flexibility index (Phi) is 3.39. The fourth-order valence-corrected chi connectivity index (χ4v) is 2.19. The van der Waals surface area contributed by atoms with Gasteiger partial charge in [0.05, 0.1) is 11.4 Å². The topological polar surface area (TPSA) is 23.6 Å². The van der Waals surface area contributed by atoms with Crippen molar-refractivity contribution in [3.8, 4) is 0 Å². The highest BCUT2D eigenvalue weighted by Crippen LogP contribution is 2.31. The van der Waals surface area contributed by atoms with Crippen LogP contribution in [0.3, 0.4) is 0 Å². The van der Waals surface area contributed by atoms with Crippen LogP contribution in [0.1, 0.15) is 6.42 Å². The molecule has 16 heavy (non-hydrogen) atoms. The van der Waals surface area contributed by atoms with E-state index in [0.717, 1.165) is 24.5 Å². The maximum atomic E-state index is 11.9. The Morgan fingerprint density at radius 3 is 2.69 bits per heavy atom. The summed E-state index contributed by atoms with van der Waals surface area (Å²) in [4.78, 5) is 16.0. The zero-order chi connectivity index (χ0) is 11.5. The van der Waals surface area contributed by atoms with Crippen molar-refractivity contribution in [1.82, 2.24) is 0 Å². The smallest absolute Gasteiger partial charge is 0.227 e. The van der Waals surface area contributed by atoms with Gasteiger partial charge in [0.2, 0.25) is 5.91 Å². The first-order chi connectivity index (χ1) is 7.74. The number of carbonyl (C=O) groups excluding carboxylic acids is 1. The van der Waals surface area contributed by atoms with Crippen LogP contribution < -0.4 is 9.80 Å². The monoisotopic (exact) mass is 236 g/mol. The molecule has 1 aromatic carbocycles. The SMILES string of the molecule is CN1CCN(C(=O)CCS)c2ccccc21. The fourth-order valence-electron chi connectivity index (χ4n) is 2.00. The van der Waals surface area contributed by atoms with Gasteiger partial charge in [0.15, 0.2) is 0 Å². The lowest BCUT2D eigenvalue weighted by Gasteiger charge is -2.35. The average Bonchev–Trinajstić information content (AvgIpc) is 2.30. The zero-order valence-corrected chi connectivity index (χ0v) is 10.3. The molecule has 4 heteroatoms. The Labute approximate surface area is 101 Å². The molecule has 0 atom stereocenters. The maximum Gasteiger partial charge on any atom is 0.227 e. The van der Waals surface area contributed by atoms with E-state index in [1.807, 2.05) is 23.1 Å². The summed E-state index contributed by atoms with van der Waals surface area (Å²) < 4.78 is 0. The van der Waals surface area contributed by atoms with E-state index in [1.54, 1.807) is 0 Å². The van der Waals surface area contributed by atoms with Gasteiger partial charge in [-0.3, -0.25) is 4.79 Å². The second-order valence-corrected chi connectivity index (χ2v) is 4.38. The van der Waals surface area contributed by atoms with Gasteiger partial charge >= 0.3 is 0 Å². The lowest BCUT2D eigenvalue weighted by Crippen LogP contribution is -2.42. The van der Waals surface area contributed by atoms with Gasteiger partial charge in [-0.2, -0.15) is 12.6 Å². The highest BCUT2D eigenvalue weighted by atomic mass is 32.1. The predicted molar refractivity (Wildman–Crippen MR) is 70.5 cm³/mol. The van der Waals surface area contributed by atoms with Gasteiger partial charge in [-0.25, -0.2) is 0 Å². The molecule has 0 radical (unpaired) electrons. The van der Waals surface area contributed by atoms with E-state index in [1.165, 1.54) is 0 Å². The number of carbonyl (C=O) groups is 1. The van der Waals surface area contributed by atoms with E-state index in [4.69, 9.17) is 0 Å². The van der Waals surface area contributed by atoms with Gasteiger partial charge in [0, 0.05) is 26.6 Å². The third-order valence-electron chi connectivity index (χ3n) is 2.87. The Hall–Kier alpha value is -1.16. The van der Waals surface area contributed by atoms with E-state index in [2.05, 4.69) is 30.6 Å². The van der Waals surface area contributed by atoms with Crippen molar-refractivity contribution < 1.29 is 4.79 Å². The molecule has 2 rings (SSSR count). The molecule has 1 aliphatic rings. The first-order valence-electron chi connectivity index (χ1n) is 5.45. The van der Waals surface area contributed by atoms with Gasteiger partial charge in [-0.1, -0.05) is 12.1 Å². The van der Waals surface area contributed by atoms with Crippen LogP contribution in [0, 0.1) is 0 Å². The van der Waals surface area contributed by atoms with Crippen LogP contribution >= 0.6 is 12.6 Å². The molecule has 1 aromatic rings. The van der Waals surface area contributed by atoms with Gasteiger partial charge in [0.25, 0.3) is 0 Å². The van der Waals surface area contributed by atoms with Crippen LogP contribution in [-0.4, -0.2) is 31.8 Å². The Bertz CT molecular complexity index is 394. The van der Waals surface area contributed by atoms with Crippen molar-refractivity contribution in [2.75, 3.05) is 35.7 Å². The summed E-state index contributed by atoms with van der Waals surface area (Å²) in [5.74, 6) is 0.767. The molecule has 0 unspecified atom stereocenters. The zero-order valence-electron chi connectivity index (χ0n) is 9.39. The van der Waals surface area contributed by atoms with Gasteiger partial charge in [-0.05, 0) is 17.9 Å². The maximum absolute atomic E-state index is 11.9. The molecule has 86 valence electrons. The number of benzene rings is 1. The quantitative estimate of drug-likeness (QED) is 0.791. The minimum Gasteiger partial charge on any atom is -0.371 e. The Morgan fingerprint density at radius 2 is 2.00 bits per heavy atom. The number of para-hydroxylation sites is 2. The first-order valence-corrected chi connectivity index (χ1v) is 6.08. The summed E-state index contributed by atoms with van der Waals surface area (Å²) in [6.07, 6.45) is 0.501. The van der Waals surface area contributed by atoms with Crippen LogP contribution in [0.4, 0.5) is 11.4 Å². The minimum absolute atomic E-state index is 0.163. The van der Waals surface area contributed by atoms with E-state index in [-0.39, 0.29) is 5.91 Å². The predicted octanol–water partition coefficient (Wildman–Crippen LogP) is 1.79. The van der Waals surface area contributed by atoms with Crippen molar-refractivity contribution in [3.63, 3.8) is 0 Å². The van der Waals surface area contributed by atoms with E-state index >= 15 is 0 Å². The Balaban J connectivity index is 2.31. The van der Waals surface area contributed by atoms with Crippen molar-refractivity contribution in [2.24, 2.45) is 0 Å². The van der Waals surface area contributed by atoms with Crippen molar-refractivity contribution in [2.45, 2.75) is 6.42 Å². The Morgan fingerprint density at radius 1 is 1.31 bits per heavy atom. The van der Waals surface area contributed by atoms with Crippen molar-refractivity contribution >= 4 is 29.9 Å². The fraction of sp³-hybridized carbons (Fsp3) is 0.417. The summed E-state index contributed by atoms with van der Waals surface area (Å²) in [5.41, 5.74) is 2.14. The van der Waals surface area contributed by atoms with Crippen LogP contribution in [0.25, 0.3) is 0 Å². The van der Waals surface area contributed by atoms with Gasteiger partial charge in [-0.15, -0.1) is 0 Å². The third-order valence-corrected chi connectivity index (χ3v) is 3.09. The molecule has 3 nitrogen and oxygen atoms in total. The molecular formula is C12H16N2OS. The molecule has 1 amide bonds. The molecule has 0 fully saturated rings. The number of thiol groups is 1. The number of anilines is 2. The molecule has 0 saturated heterocycles. The van der Waals surface area contributed by atoms with Crippen molar-refractivity contribution in [1.29, 1.82) is 0 Å². The van der Waals surface area contributed by atoms with E-state index in [0.29, 0.717) is 12.2 Å². The van der Waals surface area contributed by atoms with Gasteiger partial charge in [0.1, 0.15) is 0 Å². The summed E-state index contributed by atoms with van der Waals surface area (Å²) in [5, 5.41) is 0. The number of nitrogens with zero attached hydrogens (tertiary/aromatic N) is 2. The molecule has 0 aromatic heterocycles. The molecule has 0 saturated carbocycles. The lowest BCUT2D eigenvalue weighted by atomic mass is 10.1. The van der Waals surface area contributed by atoms with Crippen LogP contribution in [-0.2, 0) is 4.79 Å². The number of fused-ring (bicyclic) bond motifs is 1. The average molecular weight is 236 g/mol. The van der Waals surface area contributed by atoms with Crippen LogP contribution in [0.2, 0.25) is 0 Å². The van der Waals surface area contributed by atoms with Crippen LogP contribution in [0.15, 0.2) is 24.3 Å². The van der Waals surface area contributed by atoms with Crippen molar-refractivity contribution in [3.05, 3.63) is 24.3 Å². The number of hydrogen-bond donors (Lipinski definition) is 1. The summed E-state index contributed by atoms with van der Waals surface area (Å²) in [6, 6.07) is 8.03. The molecule has 0 bridgehead atoms. The first kappa shape index (κ1) is 11.3. The minimum atomic E-state index is 0.163. The third kappa shape index (κ3) is 2.02. The van der Waals surface area contributed by atoms with Crippen LogP contribution in [0.5, 0.6) is 0 Å². The van der Waals surface area contributed by atoms with Gasteiger partial charge < -0.3 is 9.80 Å². The number of likely N-dealkylation sites (N-methyl/N-ethyl adjacent to an activating group) is 1. The highest BCUT2D eigenvalue weighted by Gasteiger charge is 2.23. The summed E-state index contributed by atoms with van der Waals surface area (Å²) in [6.45, 7) is 1.65. The normalized spacial score (nSPS) is 14.9. The molecule has 0 spiro atoms. The molecule has 0 aliphatic carbocycles.